The molecule has 1 aromatic heterocycles. The molecule has 1 heterocycles. The van der Waals surface area contributed by atoms with E-state index in [0.717, 1.165) is 16.7 Å². The molecule has 0 saturated carbocycles. The molecule has 0 spiro atoms. The smallest absolute Gasteiger partial charge is 0.147 e. The van der Waals surface area contributed by atoms with Crippen molar-refractivity contribution in [1.29, 1.82) is 0 Å². The van der Waals surface area contributed by atoms with Crippen molar-refractivity contribution < 1.29 is 12.8 Å². The second-order valence-corrected chi connectivity index (χ2v) is 7.70. The first-order valence-electron chi connectivity index (χ1n) is 6.75. The number of para-hydroxylation sites is 1. The van der Waals surface area contributed by atoms with Gasteiger partial charge >= 0.3 is 0 Å². The molecule has 0 aliphatic rings. The Balaban J connectivity index is 1.96. The van der Waals surface area contributed by atoms with Crippen LogP contribution in [0.1, 0.15) is 25.6 Å². The molecule has 1 aromatic carbocycles. The summed E-state index contributed by atoms with van der Waals surface area (Å²) in [6, 6.07) is 9.97. The fraction of sp³-hybridized carbons (Fsp3) is 0.467. The molecule has 0 radical (unpaired) electrons. The van der Waals surface area contributed by atoms with E-state index in [-0.39, 0.29) is 17.7 Å². The maximum atomic E-state index is 11.2. The molecule has 0 aliphatic carbocycles. The highest BCUT2D eigenvalue weighted by atomic mass is 32.2. The zero-order valence-corrected chi connectivity index (χ0v) is 12.9. The van der Waals surface area contributed by atoms with E-state index in [0.29, 0.717) is 6.54 Å². The third kappa shape index (κ3) is 4.08. The second-order valence-electron chi connectivity index (χ2n) is 5.51. The zero-order chi connectivity index (χ0) is 14.8. The van der Waals surface area contributed by atoms with E-state index < -0.39 is 9.84 Å². The van der Waals surface area contributed by atoms with Gasteiger partial charge in [0, 0.05) is 11.6 Å². The lowest BCUT2D eigenvalue weighted by Crippen LogP contribution is -2.28. The molecule has 0 amide bonds. The Morgan fingerprint density at radius 2 is 1.95 bits per heavy atom. The molecule has 0 bridgehead atoms. The fourth-order valence-corrected chi connectivity index (χ4v) is 3.42. The van der Waals surface area contributed by atoms with Gasteiger partial charge in [-0.05, 0) is 31.5 Å². The number of hydrogen-bond acceptors (Lipinski definition) is 4. The van der Waals surface area contributed by atoms with Crippen molar-refractivity contribution in [1.82, 2.24) is 5.32 Å². The number of fused-ring (bicyclic) bond motifs is 1. The van der Waals surface area contributed by atoms with Crippen molar-refractivity contribution in [2.24, 2.45) is 5.92 Å². The summed E-state index contributed by atoms with van der Waals surface area (Å²) in [5.41, 5.74) is 0.875. The minimum atomic E-state index is -2.92. The van der Waals surface area contributed by atoms with E-state index in [1.54, 1.807) is 0 Å². The minimum Gasteiger partial charge on any atom is -0.459 e. The molecule has 4 nitrogen and oxygen atoms in total. The van der Waals surface area contributed by atoms with Crippen molar-refractivity contribution in [2.45, 2.75) is 19.9 Å². The van der Waals surface area contributed by atoms with Crippen molar-refractivity contribution in [3.63, 3.8) is 0 Å². The van der Waals surface area contributed by atoms with E-state index in [1.165, 1.54) is 6.26 Å². The molecular formula is C15H21NO3S. The molecular weight excluding hydrogens is 274 g/mol. The number of benzene rings is 1. The first-order valence-corrected chi connectivity index (χ1v) is 8.81. The van der Waals surface area contributed by atoms with Crippen LogP contribution < -0.4 is 5.32 Å². The number of nitrogens with one attached hydrogen (secondary N) is 1. The molecule has 5 heteroatoms. The third-order valence-electron chi connectivity index (χ3n) is 3.23. The summed E-state index contributed by atoms with van der Waals surface area (Å²) >= 11 is 0. The lowest BCUT2D eigenvalue weighted by atomic mass is 10.2. The molecule has 20 heavy (non-hydrogen) atoms. The average molecular weight is 295 g/mol. The Kier molecular flexibility index (Phi) is 4.50. The van der Waals surface area contributed by atoms with Crippen LogP contribution in [0.5, 0.6) is 0 Å². The molecule has 0 unspecified atom stereocenters. The first kappa shape index (κ1) is 15.1. The molecule has 0 aliphatic heterocycles. The highest BCUT2D eigenvalue weighted by Crippen LogP contribution is 2.23. The van der Waals surface area contributed by atoms with Crippen LogP contribution in [-0.2, 0) is 9.84 Å². The highest BCUT2D eigenvalue weighted by molar-refractivity contribution is 7.90. The van der Waals surface area contributed by atoms with Crippen LogP contribution in [0.25, 0.3) is 11.0 Å². The monoisotopic (exact) mass is 295 g/mol. The van der Waals surface area contributed by atoms with E-state index in [2.05, 4.69) is 5.32 Å². The normalized spacial score (nSPS) is 15.3. The van der Waals surface area contributed by atoms with Crippen LogP contribution >= 0.6 is 0 Å². The van der Waals surface area contributed by atoms with Gasteiger partial charge in [-0.1, -0.05) is 25.1 Å². The van der Waals surface area contributed by atoms with Gasteiger partial charge < -0.3 is 9.73 Å². The zero-order valence-electron chi connectivity index (χ0n) is 12.1. The largest absolute Gasteiger partial charge is 0.459 e. The van der Waals surface area contributed by atoms with E-state index in [9.17, 15) is 8.42 Å². The summed E-state index contributed by atoms with van der Waals surface area (Å²) in [6.45, 7) is 4.59. The van der Waals surface area contributed by atoms with Gasteiger partial charge in [0.05, 0.1) is 11.8 Å². The summed E-state index contributed by atoms with van der Waals surface area (Å²) < 4.78 is 28.2. The van der Waals surface area contributed by atoms with Crippen LogP contribution in [0, 0.1) is 5.92 Å². The van der Waals surface area contributed by atoms with Crippen molar-refractivity contribution in [3.8, 4) is 0 Å². The average Bonchev–Trinajstić information content (AvgIpc) is 2.77. The van der Waals surface area contributed by atoms with Crippen LogP contribution in [0.15, 0.2) is 34.7 Å². The van der Waals surface area contributed by atoms with E-state index in [4.69, 9.17) is 4.42 Å². The summed E-state index contributed by atoms with van der Waals surface area (Å²) in [4.78, 5) is 0. The number of furan rings is 1. The molecule has 2 aromatic rings. The SMILES string of the molecule is C[C@H](CN[C@@H](C)c1cc2ccccc2o1)CS(C)(=O)=O. The van der Waals surface area contributed by atoms with Gasteiger partial charge in [0.2, 0.25) is 0 Å². The Morgan fingerprint density at radius 3 is 2.60 bits per heavy atom. The van der Waals surface area contributed by atoms with Crippen molar-refractivity contribution >= 4 is 20.8 Å². The molecule has 0 saturated heterocycles. The molecule has 110 valence electrons. The Bertz CT molecular complexity index is 642. The number of sulfone groups is 1. The highest BCUT2D eigenvalue weighted by Gasteiger charge is 2.14. The predicted molar refractivity (Wildman–Crippen MR) is 81.5 cm³/mol. The van der Waals surface area contributed by atoms with E-state index in [1.807, 2.05) is 44.2 Å². The Hall–Kier alpha value is -1.33. The lowest BCUT2D eigenvalue weighted by molar-refractivity contribution is 0.426. The van der Waals surface area contributed by atoms with E-state index >= 15 is 0 Å². The third-order valence-corrected chi connectivity index (χ3v) is 4.41. The maximum Gasteiger partial charge on any atom is 0.147 e. The molecule has 0 fully saturated rings. The predicted octanol–water partition coefficient (Wildman–Crippen LogP) is 2.76. The van der Waals surface area contributed by atoms with Gasteiger partial charge in [0.15, 0.2) is 0 Å². The number of hydrogen-bond donors (Lipinski definition) is 1. The van der Waals surface area contributed by atoms with Gasteiger partial charge in [-0.15, -0.1) is 0 Å². The summed E-state index contributed by atoms with van der Waals surface area (Å²) in [6.07, 6.45) is 1.27. The maximum absolute atomic E-state index is 11.2. The summed E-state index contributed by atoms with van der Waals surface area (Å²) in [5.74, 6) is 1.15. The van der Waals surface area contributed by atoms with Gasteiger partial charge in [0.25, 0.3) is 0 Å². The van der Waals surface area contributed by atoms with Crippen LogP contribution in [0.3, 0.4) is 0 Å². The fourth-order valence-electron chi connectivity index (χ4n) is 2.27. The Morgan fingerprint density at radius 1 is 1.25 bits per heavy atom. The van der Waals surface area contributed by atoms with Crippen LogP contribution in [0.4, 0.5) is 0 Å². The van der Waals surface area contributed by atoms with Crippen molar-refractivity contribution in [3.05, 3.63) is 36.1 Å². The minimum absolute atomic E-state index is 0.0596. The molecule has 2 atom stereocenters. The quantitative estimate of drug-likeness (QED) is 0.890. The summed E-state index contributed by atoms with van der Waals surface area (Å²) in [5, 5.41) is 4.41. The second kappa shape index (κ2) is 5.97. The number of rotatable bonds is 6. The van der Waals surface area contributed by atoms with Crippen LogP contribution in [-0.4, -0.2) is 27.0 Å². The topological polar surface area (TPSA) is 59.3 Å². The van der Waals surface area contributed by atoms with Gasteiger partial charge in [-0.2, -0.15) is 0 Å². The van der Waals surface area contributed by atoms with Gasteiger partial charge in [-0.3, -0.25) is 0 Å². The molecule has 2 rings (SSSR count). The standard InChI is InChI=1S/C15H21NO3S/c1-11(10-20(3,17)18)9-16-12(2)15-8-13-6-4-5-7-14(13)19-15/h4-8,11-12,16H,9-10H2,1-3H3/t11-,12+/m1/s1. The first-order chi connectivity index (χ1) is 9.35. The summed E-state index contributed by atoms with van der Waals surface area (Å²) in [7, 11) is -2.92. The van der Waals surface area contributed by atoms with Crippen LogP contribution in [0.2, 0.25) is 0 Å². The van der Waals surface area contributed by atoms with Gasteiger partial charge in [-0.25, -0.2) is 8.42 Å². The van der Waals surface area contributed by atoms with Gasteiger partial charge in [0.1, 0.15) is 21.2 Å². The Labute approximate surface area is 120 Å². The molecule has 1 N–H and O–H groups in total. The lowest BCUT2D eigenvalue weighted by Gasteiger charge is -2.15. The van der Waals surface area contributed by atoms with Crippen molar-refractivity contribution in [2.75, 3.05) is 18.6 Å².